The molecule has 0 rings (SSSR count). The minimum atomic E-state index is -4.28. The van der Waals surface area contributed by atoms with Crippen LogP contribution in [0.5, 0.6) is 0 Å². The highest BCUT2D eigenvalue weighted by Crippen LogP contribution is 1.96. The van der Waals surface area contributed by atoms with E-state index in [4.69, 9.17) is 16.0 Å². The molecule has 0 aliphatic heterocycles. The highest BCUT2D eigenvalue weighted by molar-refractivity contribution is 7.87. The summed E-state index contributed by atoms with van der Waals surface area (Å²) in [5.74, 6) is 0. The van der Waals surface area contributed by atoms with E-state index in [-0.39, 0.29) is 0 Å². The van der Waals surface area contributed by atoms with Gasteiger partial charge in [0.1, 0.15) is 0 Å². The molecule has 0 fully saturated rings. The SMILES string of the molecule is C=C.CC(N)(N)S(=O)(=O)O. The summed E-state index contributed by atoms with van der Waals surface area (Å²) in [5, 5.41) is 0. The molecule has 0 saturated heterocycles. The normalized spacial score (nSPS) is 11.6. The van der Waals surface area contributed by atoms with Gasteiger partial charge in [0, 0.05) is 0 Å². The third-order valence-corrected chi connectivity index (χ3v) is 1.67. The van der Waals surface area contributed by atoms with Crippen LogP contribution in [0.4, 0.5) is 0 Å². The van der Waals surface area contributed by atoms with Crippen molar-refractivity contribution in [1.82, 2.24) is 0 Å². The third kappa shape index (κ3) is 4.45. The molecule has 0 atom stereocenters. The lowest BCUT2D eigenvalue weighted by molar-refractivity contribution is 0.439. The van der Waals surface area contributed by atoms with Gasteiger partial charge in [-0.3, -0.25) is 16.0 Å². The van der Waals surface area contributed by atoms with Crippen molar-refractivity contribution in [3.8, 4) is 0 Å². The molecule has 0 radical (unpaired) electrons. The molecule has 0 aliphatic rings. The van der Waals surface area contributed by atoms with Crippen molar-refractivity contribution in [1.29, 1.82) is 0 Å². The second kappa shape index (κ2) is 3.67. The van der Waals surface area contributed by atoms with E-state index in [1.807, 2.05) is 0 Å². The molecule has 6 heteroatoms. The summed E-state index contributed by atoms with van der Waals surface area (Å²) in [6.45, 7) is 6.99. The summed E-state index contributed by atoms with van der Waals surface area (Å²) in [6, 6.07) is 0. The van der Waals surface area contributed by atoms with Crippen LogP contribution in [-0.2, 0) is 10.1 Å². The molecule has 5 N–H and O–H groups in total. The van der Waals surface area contributed by atoms with Gasteiger partial charge in [0.25, 0.3) is 10.1 Å². The molecule has 5 nitrogen and oxygen atoms in total. The molecular formula is C4H12N2O3S. The smallest absolute Gasteiger partial charge is 0.297 e. The van der Waals surface area contributed by atoms with Crippen LogP contribution in [0.2, 0.25) is 0 Å². The topological polar surface area (TPSA) is 106 Å². The molecular weight excluding hydrogens is 156 g/mol. The highest BCUT2D eigenvalue weighted by atomic mass is 32.2. The Morgan fingerprint density at radius 2 is 1.50 bits per heavy atom. The van der Waals surface area contributed by atoms with Gasteiger partial charge in [0.15, 0.2) is 4.99 Å². The molecule has 0 aromatic carbocycles. The molecule has 0 amide bonds. The Labute approximate surface area is 60.5 Å². The zero-order valence-electron chi connectivity index (χ0n) is 5.74. The Hall–Kier alpha value is -0.430. The molecule has 0 aliphatic carbocycles. The number of hydrogen-bond donors (Lipinski definition) is 3. The van der Waals surface area contributed by atoms with Gasteiger partial charge in [-0.25, -0.2) is 0 Å². The van der Waals surface area contributed by atoms with E-state index in [2.05, 4.69) is 13.2 Å². The predicted octanol–water partition coefficient (Wildman–Crippen LogP) is -0.732. The standard InChI is InChI=1S/C2H8N2O3S.C2H4/c1-2(3,4)8(5,6)7;1-2/h3-4H2,1H3,(H,5,6,7);1-2H2. The minimum absolute atomic E-state index is 0.988. The Morgan fingerprint density at radius 3 is 1.50 bits per heavy atom. The maximum Gasteiger partial charge on any atom is 0.297 e. The first kappa shape index (κ1) is 12.3. The fourth-order valence-corrected chi connectivity index (χ4v) is 0. The van der Waals surface area contributed by atoms with Gasteiger partial charge in [-0.1, -0.05) is 0 Å². The first-order valence-electron chi connectivity index (χ1n) is 2.30. The van der Waals surface area contributed by atoms with Crippen LogP contribution in [0, 0.1) is 0 Å². The molecule has 10 heavy (non-hydrogen) atoms. The Bertz CT molecular complexity index is 179. The average molecular weight is 168 g/mol. The summed E-state index contributed by atoms with van der Waals surface area (Å²) in [6.07, 6.45) is 0. The van der Waals surface area contributed by atoms with Crippen LogP contribution in [0.25, 0.3) is 0 Å². The summed E-state index contributed by atoms with van der Waals surface area (Å²) in [4.78, 5) is -2.03. The van der Waals surface area contributed by atoms with Crippen LogP contribution in [0.15, 0.2) is 13.2 Å². The molecule has 0 bridgehead atoms. The first-order valence-corrected chi connectivity index (χ1v) is 3.74. The van der Waals surface area contributed by atoms with E-state index in [1.165, 1.54) is 0 Å². The molecule has 0 unspecified atom stereocenters. The molecule has 0 heterocycles. The zero-order valence-corrected chi connectivity index (χ0v) is 6.56. The largest absolute Gasteiger partial charge is 0.299 e. The van der Waals surface area contributed by atoms with Gasteiger partial charge in [0.2, 0.25) is 0 Å². The zero-order chi connectivity index (χ0) is 9.00. The van der Waals surface area contributed by atoms with Crippen molar-refractivity contribution in [3.63, 3.8) is 0 Å². The van der Waals surface area contributed by atoms with E-state index in [0.29, 0.717) is 0 Å². The average Bonchev–Trinajstić information content (AvgIpc) is 1.66. The monoisotopic (exact) mass is 168 g/mol. The van der Waals surface area contributed by atoms with Gasteiger partial charge in [0.05, 0.1) is 0 Å². The van der Waals surface area contributed by atoms with Crippen molar-refractivity contribution in [2.45, 2.75) is 11.9 Å². The molecule has 0 aromatic rings. The second-order valence-corrected chi connectivity index (χ2v) is 3.49. The van der Waals surface area contributed by atoms with Gasteiger partial charge < -0.3 is 0 Å². The maximum atomic E-state index is 9.96. The van der Waals surface area contributed by atoms with Crippen LogP contribution in [0.3, 0.4) is 0 Å². The lowest BCUT2D eigenvalue weighted by Crippen LogP contribution is -2.52. The first-order chi connectivity index (χ1) is 4.25. The summed E-state index contributed by atoms with van der Waals surface area (Å²) in [7, 11) is -4.28. The quantitative estimate of drug-likeness (QED) is 0.272. The van der Waals surface area contributed by atoms with Crippen LogP contribution < -0.4 is 11.5 Å². The fraction of sp³-hybridized carbons (Fsp3) is 0.500. The number of hydrogen-bond acceptors (Lipinski definition) is 4. The highest BCUT2D eigenvalue weighted by Gasteiger charge is 2.27. The van der Waals surface area contributed by atoms with Gasteiger partial charge in [-0.05, 0) is 6.92 Å². The molecule has 0 aromatic heterocycles. The van der Waals surface area contributed by atoms with Crippen molar-refractivity contribution >= 4 is 10.1 Å². The number of rotatable bonds is 1. The summed E-state index contributed by atoms with van der Waals surface area (Å²) in [5.41, 5.74) is 9.50. The summed E-state index contributed by atoms with van der Waals surface area (Å²) >= 11 is 0. The van der Waals surface area contributed by atoms with E-state index < -0.39 is 15.1 Å². The van der Waals surface area contributed by atoms with Crippen molar-refractivity contribution in [2.24, 2.45) is 11.5 Å². The fourth-order valence-electron chi connectivity index (χ4n) is 0. The second-order valence-electron chi connectivity index (χ2n) is 1.66. The van der Waals surface area contributed by atoms with Crippen molar-refractivity contribution < 1.29 is 13.0 Å². The van der Waals surface area contributed by atoms with Crippen LogP contribution in [-0.4, -0.2) is 18.0 Å². The Kier molecular flexibility index (Phi) is 4.50. The minimum Gasteiger partial charge on any atom is -0.299 e. The van der Waals surface area contributed by atoms with Gasteiger partial charge in [-0.2, -0.15) is 8.42 Å². The van der Waals surface area contributed by atoms with Gasteiger partial charge >= 0.3 is 0 Å². The lowest BCUT2D eigenvalue weighted by atomic mass is 10.6. The van der Waals surface area contributed by atoms with E-state index >= 15 is 0 Å². The van der Waals surface area contributed by atoms with E-state index in [0.717, 1.165) is 6.92 Å². The predicted molar refractivity (Wildman–Crippen MR) is 39.6 cm³/mol. The van der Waals surface area contributed by atoms with Crippen molar-refractivity contribution in [3.05, 3.63) is 13.2 Å². The van der Waals surface area contributed by atoms with E-state index in [9.17, 15) is 8.42 Å². The summed E-state index contributed by atoms with van der Waals surface area (Å²) < 4.78 is 28.0. The molecule has 0 spiro atoms. The number of nitrogens with two attached hydrogens (primary N) is 2. The van der Waals surface area contributed by atoms with Crippen LogP contribution in [0.1, 0.15) is 6.92 Å². The molecule has 62 valence electrons. The van der Waals surface area contributed by atoms with Crippen LogP contribution >= 0.6 is 0 Å². The van der Waals surface area contributed by atoms with Crippen molar-refractivity contribution in [2.75, 3.05) is 0 Å². The van der Waals surface area contributed by atoms with E-state index in [1.54, 1.807) is 0 Å². The maximum absolute atomic E-state index is 9.96. The Balaban J connectivity index is 0. The Morgan fingerprint density at radius 1 is 1.40 bits per heavy atom. The molecule has 0 saturated carbocycles. The third-order valence-electron chi connectivity index (χ3n) is 0.556. The lowest BCUT2D eigenvalue weighted by Gasteiger charge is -2.12. The van der Waals surface area contributed by atoms with Gasteiger partial charge in [-0.15, -0.1) is 13.2 Å².